The van der Waals surface area contributed by atoms with Crippen LogP contribution in [0.3, 0.4) is 0 Å². The number of hydrogen-bond acceptors (Lipinski definition) is 7. The molecule has 10 heteroatoms. The van der Waals surface area contributed by atoms with E-state index >= 15 is 0 Å². The van der Waals surface area contributed by atoms with E-state index < -0.39 is 18.2 Å². The molecule has 0 atom stereocenters. The smallest absolute Gasteiger partial charge is 0.725 e. The molecule has 0 aliphatic heterocycles. The zero-order valence-electron chi connectivity index (χ0n) is 8.13. The first-order valence-electron chi connectivity index (χ1n) is 3.39. The van der Waals surface area contributed by atoms with E-state index in [-0.39, 0.29) is 32.1 Å². The number of rotatable bonds is 6. The first-order chi connectivity index (χ1) is 5.83. The molecule has 0 aliphatic carbocycles. The van der Waals surface area contributed by atoms with Gasteiger partial charge in [0.2, 0.25) is 10.4 Å². The summed E-state index contributed by atoms with van der Waals surface area (Å²) in [5, 5.41) is 0. The molecule has 0 unspecified atom stereocenters. The van der Waals surface area contributed by atoms with Gasteiger partial charge < -0.3 is 4.55 Å². The van der Waals surface area contributed by atoms with Crippen molar-refractivity contribution in [2.75, 3.05) is 13.2 Å². The molecule has 0 aromatic rings. The second-order valence-electron chi connectivity index (χ2n) is 1.77. The molecular formula is C4H10LiO7PS. The average molecular weight is 240 g/mol. The predicted octanol–water partition coefficient (Wildman–Crippen LogP) is -2.35. The molecule has 0 saturated heterocycles. The Balaban J connectivity index is 0. The summed E-state index contributed by atoms with van der Waals surface area (Å²) in [4.78, 5) is 0. The molecule has 80 valence electrons. The monoisotopic (exact) mass is 240 g/mol. The van der Waals surface area contributed by atoms with Crippen molar-refractivity contribution in [2.24, 2.45) is 0 Å². The zero-order chi connectivity index (χ0) is 10.5. The standard InChI is InChI=1S/C4H11O7PS.Li/c1-3-9-12(5,10-4-2)11-13(6,7)8;/h3-4H2,1-2H3,(H,6,7,8);/q;+1/p-1. The van der Waals surface area contributed by atoms with Crippen LogP contribution < -0.4 is 18.9 Å². The Morgan fingerprint density at radius 1 is 1.21 bits per heavy atom. The van der Waals surface area contributed by atoms with E-state index in [1.54, 1.807) is 0 Å². The van der Waals surface area contributed by atoms with E-state index in [0.29, 0.717) is 0 Å². The molecule has 0 aromatic heterocycles. The Bertz CT molecular complexity index is 278. The summed E-state index contributed by atoms with van der Waals surface area (Å²) in [6.07, 6.45) is 0. The minimum Gasteiger partial charge on any atom is -0.725 e. The molecule has 14 heavy (non-hydrogen) atoms. The molecule has 0 fully saturated rings. The third kappa shape index (κ3) is 7.97. The van der Waals surface area contributed by atoms with Gasteiger partial charge in [-0.25, -0.2) is 13.0 Å². The third-order valence-corrected chi connectivity index (χ3v) is 3.37. The largest absolute Gasteiger partial charge is 1.00 e. The molecule has 0 heterocycles. The first kappa shape index (κ1) is 17.0. The van der Waals surface area contributed by atoms with Crippen LogP contribution in [0.5, 0.6) is 0 Å². The second kappa shape index (κ2) is 6.98. The van der Waals surface area contributed by atoms with Crippen LogP contribution in [0, 0.1) is 0 Å². The van der Waals surface area contributed by atoms with E-state index in [2.05, 4.69) is 13.0 Å². The minimum atomic E-state index is -5.09. The Morgan fingerprint density at radius 3 is 1.79 bits per heavy atom. The van der Waals surface area contributed by atoms with Gasteiger partial charge in [0.05, 0.1) is 13.2 Å². The summed E-state index contributed by atoms with van der Waals surface area (Å²) in [5.74, 6) is 0. The van der Waals surface area contributed by atoms with E-state index in [1.165, 1.54) is 13.8 Å². The van der Waals surface area contributed by atoms with E-state index in [4.69, 9.17) is 0 Å². The van der Waals surface area contributed by atoms with Crippen LogP contribution >= 0.6 is 7.82 Å². The maximum absolute atomic E-state index is 11.2. The van der Waals surface area contributed by atoms with Crippen molar-refractivity contribution in [3.05, 3.63) is 0 Å². The molecule has 0 amide bonds. The van der Waals surface area contributed by atoms with Gasteiger partial charge in [-0.15, -0.1) is 0 Å². The molecule has 0 rings (SSSR count). The SMILES string of the molecule is CCOP(=O)(OCC)OS(=O)(=O)[O-].[Li+]. The van der Waals surface area contributed by atoms with E-state index in [0.717, 1.165) is 0 Å². The fraction of sp³-hybridized carbons (Fsp3) is 1.00. The summed E-state index contributed by atoms with van der Waals surface area (Å²) in [7, 11) is -9.33. The molecule has 0 aliphatic rings. The second-order valence-corrected chi connectivity index (χ2v) is 4.59. The van der Waals surface area contributed by atoms with Crippen molar-refractivity contribution >= 4 is 18.2 Å². The fourth-order valence-electron chi connectivity index (χ4n) is 0.508. The van der Waals surface area contributed by atoms with Gasteiger partial charge >= 0.3 is 26.7 Å². The van der Waals surface area contributed by atoms with Crippen LogP contribution in [0.2, 0.25) is 0 Å². The first-order valence-corrected chi connectivity index (χ1v) is 6.18. The summed E-state index contributed by atoms with van der Waals surface area (Å²) < 4.78 is 53.8. The van der Waals surface area contributed by atoms with Gasteiger partial charge in [0.25, 0.3) is 0 Å². The fourth-order valence-corrected chi connectivity index (χ4v) is 2.45. The Labute approximate surface area is 94.9 Å². The van der Waals surface area contributed by atoms with Gasteiger partial charge in [-0.3, -0.25) is 9.05 Å². The van der Waals surface area contributed by atoms with Crippen molar-refractivity contribution in [1.29, 1.82) is 0 Å². The van der Waals surface area contributed by atoms with Gasteiger partial charge in [0, 0.05) is 0 Å². The Morgan fingerprint density at radius 2 is 1.57 bits per heavy atom. The van der Waals surface area contributed by atoms with Crippen molar-refractivity contribution in [1.82, 2.24) is 0 Å². The average Bonchev–Trinajstić information content (AvgIpc) is 1.82. The van der Waals surface area contributed by atoms with Crippen LogP contribution in [-0.2, 0) is 28.0 Å². The maximum atomic E-state index is 11.2. The molecule has 7 nitrogen and oxygen atoms in total. The van der Waals surface area contributed by atoms with Gasteiger partial charge in [-0.2, -0.15) is 3.97 Å². The van der Waals surface area contributed by atoms with Gasteiger partial charge in [-0.1, -0.05) is 0 Å². The summed E-state index contributed by atoms with van der Waals surface area (Å²) in [5.41, 5.74) is 0. The maximum Gasteiger partial charge on any atom is 1.00 e. The van der Waals surface area contributed by atoms with Crippen LogP contribution in [0.1, 0.15) is 13.8 Å². The van der Waals surface area contributed by atoms with Crippen molar-refractivity contribution in [3.8, 4) is 0 Å². The van der Waals surface area contributed by atoms with Crippen molar-refractivity contribution in [2.45, 2.75) is 13.8 Å². The van der Waals surface area contributed by atoms with Gasteiger partial charge in [0.1, 0.15) is 0 Å². The molecule has 0 aromatic carbocycles. The minimum absolute atomic E-state index is 0. The Hall–Kier alpha value is 0.617. The van der Waals surface area contributed by atoms with Crippen LogP contribution in [0.4, 0.5) is 0 Å². The topological polar surface area (TPSA) is 102 Å². The molecule has 0 radical (unpaired) electrons. The van der Waals surface area contributed by atoms with Crippen molar-refractivity contribution in [3.63, 3.8) is 0 Å². The molecule has 0 saturated carbocycles. The summed E-state index contributed by atoms with van der Waals surface area (Å²) in [6.45, 7) is 2.72. The van der Waals surface area contributed by atoms with Gasteiger partial charge in [0.15, 0.2) is 0 Å². The number of hydrogen-bond donors (Lipinski definition) is 0. The van der Waals surface area contributed by atoms with E-state index in [9.17, 15) is 17.5 Å². The van der Waals surface area contributed by atoms with Gasteiger partial charge in [-0.05, 0) is 13.8 Å². The van der Waals surface area contributed by atoms with Crippen molar-refractivity contribution < 1.29 is 49.4 Å². The summed E-state index contributed by atoms with van der Waals surface area (Å²) >= 11 is 0. The molecular weight excluding hydrogens is 230 g/mol. The number of phosphoric acid groups is 1. The van der Waals surface area contributed by atoms with Crippen LogP contribution in [-0.4, -0.2) is 26.2 Å². The predicted molar refractivity (Wildman–Crippen MR) is 41.6 cm³/mol. The quantitative estimate of drug-likeness (QED) is 0.221. The molecule has 0 bridgehead atoms. The van der Waals surface area contributed by atoms with Crippen LogP contribution in [0.15, 0.2) is 0 Å². The van der Waals surface area contributed by atoms with E-state index in [1.807, 2.05) is 0 Å². The summed E-state index contributed by atoms with van der Waals surface area (Å²) in [6, 6.07) is 0. The molecule has 0 N–H and O–H groups in total. The normalized spacial score (nSPS) is 12.2. The Kier molecular flexibility index (Phi) is 8.49. The van der Waals surface area contributed by atoms with Crippen LogP contribution in [0.25, 0.3) is 0 Å². The number of phosphoric ester groups is 1. The third-order valence-electron chi connectivity index (χ3n) is 0.757. The molecule has 0 spiro atoms. The zero-order valence-corrected chi connectivity index (χ0v) is 9.84.